The number of amides is 1. The Hall–Kier alpha value is -2.09. The zero-order chi connectivity index (χ0) is 14.5. The van der Waals surface area contributed by atoms with Gasteiger partial charge in [-0.2, -0.15) is 0 Å². The van der Waals surface area contributed by atoms with Crippen molar-refractivity contribution in [2.24, 2.45) is 5.92 Å². The van der Waals surface area contributed by atoms with E-state index in [0.29, 0.717) is 11.5 Å². The molecule has 0 heterocycles. The number of para-hydroxylation sites is 1. The van der Waals surface area contributed by atoms with Gasteiger partial charge in [-0.25, -0.2) is 0 Å². The van der Waals surface area contributed by atoms with Gasteiger partial charge in [0.15, 0.2) is 0 Å². The van der Waals surface area contributed by atoms with E-state index in [0.717, 1.165) is 17.7 Å². The van der Waals surface area contributed by atoms with Crippen molar-refractivity contribution in [1.82, 2.24) is 0 Å². The lowest BCUT2D eigenvalue weighted by Gasteiger charge is -2.09. The molecule has 0 aliphatic rings. The molecule has 2 aromatic carbocycles. The molecule has 0 radical (unpaired) electrons. The van der Waals surface area contributed by atoms with Crippen LogP contribution in [0.2, 0.25) is 0 Å². The first kappa shape index (κ1) is 14.3. The van der Waals surface area contributed by atoms with E-state index >= 15 is 0 Å². The second-order valence-electron chi connectivity index (χ2n) is 5.56. The summed E-state index contributed by atoms with van der Waals surface area (Å²) in [6.07, 6.45) is 1.04. The molecule has 0 aliphatic heterocycles. The van der Waals surface area contributed by atoms with Crippen LogP contribution in [0.4, 0.5) is 5.69 Å². The van der Waals surface area contributed by atoms with Crippen LogP contribution in [0.5, 0.6) is 0 Å². The van der Waals surface area contributed by atoms with E-state index < -0.39 is 0 Å². The fraction of sp³-hybridized carbons (Fsp3) is 0.278. The van der Waals surface area contributed by atoms with Crippen LogP contribution in [-0.2, 0) is 6.42 Å². The first-order valence-electron chi connectivity index (χ1n) is 7.02. The Kier molecular flexibility index (Phi) is 4.57. The predicted molar refractivity (Wildman–Crippen MR) is 84.1 cm³/mol. The molecule has 0 atom stereocenters. The summed E-state index contributed by atoms with van der Waals surface area (Å²) in [4.78, 5) is 12.2. The van der Waals surface area contributed by atoms with Gasteiger partial charge in [0, 0.05) is 11.3 Å². The molecule has 2 nitrogen and oxygen atoms in total. The standard InChI is InChI=1S/C18H21NO/c1-13(2)12-15-8-10-16(11-9-15)18(20)19-17-7-5-4-6-14(17)3/h4-11,13H,12H2,1-3H3,(H,19,20). The molecule has 0 spiro atoms. The Morgan fingerprint density at radius 3 is 2.30 bits per heavy atom. The van der Waals surface area contributed by atoms with Gasteiger partial charge in [-0.1, -0.05) is 44.2 Å². The summed E-state index contributed by atoms with van der Waals surface area (Å²) in [5, 5.41) is 2.95. The summed E-state index contributed by atoms with van der Waals surface area (Å²) in [7, 11) is 0. The number of aryl methyl sites for hydroxylation is 1. The molecule has 0 bridgehead atoms. The molecule has 2 rings (SSSR count). The van der Waals surface area contributed by atoms with Crippen LogP contribution in [0.1, 0.15) is 35.3 Å². The van der Waals surface area contributed by atoms with Gasteiger partial charge in [0.1, 0.15) is 0 Å². The van der Waals surface area contributed by atoms with Gasteiger partial charge in [0.05, 0.1) is 0 Å². The average Bonchev–Trinajstić information content (AvgIpc) is 2.41. The van der Waals surface area contributed by atoms with Crippen LogP contribution < -0.4 is 5.32 Å². The van der Waals surface area contributed by atoms with Crippen molar-refractivity contribution < 1.29 is 4.79 Å². The number of anilines is 1. The fourth-order valence-corrected chi connectivity index (χ4v) is 2.17. The van der Waals surface area contributed by atoms with Crippen molar-refractivity contribution in [2.45, 2.75) is 27.2 Å². The Labute approximate surface area is 120 Å². The minimum absolute atomic E-state index is 0.0598. The van der Waals surface area contributed by atoms with Crippen LogP contribution in [0, 0.1) is 12.8 Å². The second kappa shape index (κ2) is 6.38. The number of rotatable bonds is 4. The zero-order valence-electron chi connectivity index (χ0n) is 12.3. The maximum atomic E-state index is 12.2. The molecule has 20 heavy (non-hydrogen) atoms. The predicted octanol–water partition coefficient (Wildman–Crippen LogP) is 4.45. The molecule has 104 valence electrons. The Morgan fingerprint density at radius 2 is 1.70 bits per heavy atom. The molecule has 0 aliphatic carbocycles. The van der Waals surface area contributed by atoms with Crippen LogP contribution in [-0.4, -0.2) is 5.91 Å². The highest BCUT2D eigenvalue weighted by molar-refractivity contribution is 6.04. The van der Waals surface area contributed by atoms with Crippen LogP contribution in [0.15, 0.2) is 48.5 Å². The smallest absolute Gasteiger partial charge is 0.255 e. The maximum absolute atomic E-state index is 12.2. The van der Waals surface area contributed by atoms with E-state index in [1.807, 2.05) is 55.5 Å². The number of carbonyl (C=O) groups is 1. The van der Waals surface area contributed by atoms with Crippen molar-refractivity contribution in [2.75, 3.05) is 5.32 Å². The highest BCUT2D eigenvalue weighted by atomic mass is 16.1. The van der Waals surface area contributed by atoms with Crippen molar-refractivity contribution in [3.05, 3.63) is 65.2 Å². The summed E-state index contributed by atoms with van der Waals surface area (Å²) in [6.45, 7) is 6.37. The van der Waals surface area contributed by atoms with Gasteiger partial charge in [0.2, 0.25) is 0 Å². The second-order valence-corrected chi connectivity index (χ2v) is 5.56. The average molecular weight is 267 g/mol. The number of nitrogens with one attached hydrogen (secondary N) is 1. The highest BCUT2D eigenvalue weighted by Gasteiger charge is 2.07. The number of carbonyl (C=O) groups excluding carboxylic acids is 1. The van der Waals surface area contributed by atoms with Gasteiger partial charge in [-0.3, -0.25) is 4.79 Å². The van der Waals surface area contributed by atoms with Gasteiger partial charge < -0.3 is 5.32 Å². The Morgan fingerprint density at radius 1 is 1.05 bits per heavy atom. The normalized spacial score (nSPS) is 10.6. The summed E-state index contributed by atoms with van der Waals surface area (Å²) in [5.41, 5.74) is 3.90. The highest BCUT2D eigenvalue weighted by Crippen LogP contribution is 2.15. The first-order valence-corrected chi connectivity index (χ1v) is 7.02. The number of benzene rings is 2. The Bertz CT molecular complexity index is 585. The van der Waals surface area contributed by atoms with Gasteiger partial charge in [-0.05, 0) is 48.6 Å². The van der Waals surface area contributed by atoms with E-state index in [-0.39, 0.29) is 5.91 Å². The largest absolute Gasteiger partial charge is 0.322 e. The summed E-state index contributed by atoms with van der Waals surface area (Å²) in [6, 6.07) is 15.7. The van der Waals surface area contributed by atoms with E-state index in [1.165, 1.54) is 5.56 Å². The quantitative estimate of drug-likeness (QED) is 0.871. The molecule has 0 unspecified atom stereocenters. The third kappa shape index (κ3) is 3.70. The number of hydrogen-bond donors (Lipinski definition) is 1. The van der Waals surface area contributed by atoms with Crippen molar-refractivity contribution in [1.29, 1.82) is 0 Å². The maximum Gasteiger partial charge on any atom is 0.255 e. The molecule has 0 saturated carbocycles. The molecule has 0 fully saturated rings. The van der Waals surface area contributed by atoms with Crippen LogP contribution >= 0.6 is 0 Å². The van der Waals surface area contributed by atoms with Crippen molar-refractivity contribution in [3.8, 4) is 0 Å². The summed E-state index contributed by atoms with van der Waals surface area (Å²) >= 11 is 0. The lowest BCUT2D eigenvalue weighted by atomic mass is 10.0. The van der Waals surface area contributed by atoms with Gasteiger partial charge >= 0.3 is 0 Å². The van der Waals surface area contributed by atoms with Crippen LogP contribution in [0.3, 0.4) is 0 Å². The lowest BCUT2D eigenvalue weighted by Crippen LogP contribution is -2.12. The van der Waals surface area contributed by atoms with E-state index in [4.69, 9.17) is 0 Å². The zero-order valence-corrected chi connectivity index (χ0v) is 12.3. The molecule has 0 saturated heterocycles. The topological polar surface area (TPSA) is 29.1 Å². The van der Waals surface area contributed by atoms with E-state index in [2.05, 4.69) is 19.2 Å². The summed E-state index contributed by atoms with van der Waals surface area (Å²) in [5.74, 6) is 0.567. The third-order valence-electron chi connectivity index (χ3n) is 3.25. The SMILES string of the molecule is Cc1ccccc1NC(=O)c1ccc(CC(C)C)cc1. The number of hydrogen-bond acceptors (Lipinski definition) is 1. The first-order chi connectivity index (χ1) is 9.56. The fourth-order valence-electron chi connectivity index (χ4n) is 2.17. The minimum atomic E-state index is -0.0598. The van der Waals surface area contributed by atoms with Crippen molar-refractivity contribution >= 4 is 11.6 Å². The van der Waals surface area contributed by atoms with E-state index in [1.54, 1.807) is 0 Å². The molecular formula is C18H21NO. The molecule has 2 heteroatoms. The minimum Gasteiger partial charge on any atom is -0.322 e. The van der Waals surface area contributed by atoms with Gasteiger partial charge in [0.25, 0.3) is 5.91 Å². The molecule has 0 aromatic heterocycles. The lowest BCUT2D eigenvalue weighted by molar-refractivity contribution is 0.102. The van der Waals surface area contributed by atoms with Crippen LogP contribution in [0.25, 0.3) is 0 Å². The molecule has 1 N–H and O–H groups in total. The molecule has 1 amide bonds. The van der Waals surface area contributed by atoms with Crippen molar-refractivity contribution in [3.63, 3.8) is 0 Å². The van der Waals surface area contributed by atoms with E-state index in [9.17, 15) is 4.79 Å². The molecule has 2 aromatic rings. The Balaban J connectivity index is 2.08. The van der Waals surface area contributed by atoms with Gasteiger partial charge in [-0.15, -0.1) is 0 Å². The summed E-state index contributed by atoms with van der Waals surface area (Å²) < 4.78 is 0. The molecular weight excluding hydrogens is 246 g/mol. The monoisotopic (exact) mass is 267 g/mol. The third-order valence-corrected chi connectivity index (χ3v) is 3.25.